The maximum absolute atomic E-state index is 13.0. The molecule has 7 nitrogen and oxygen atoms in total. The second kappa shape index (κ2) is 6.97. The molecule has 1 unspecified atom stereocenters. The largest absolute Gasteiger partial charge is 0.507 e. The van der Waals surface area contributed by atoms with Crippen LogP contribution in [-0.2, 0) is 10.3 Å². The monoisotopic (exact) mass is 484 g/mol. The molecule has 2 N–H and O–H groups in total. The first-order valence-corrected chi connectivity index (χ1v) is 10.5. The molecule has 5 rings (SSSR count). The SMILES string of the molecule is CC(=O)c1c(O)ccc2c1Oc1c(C(C)=O)c(O)c(Cl)c(Cl)c1C21OC(=O)c2ccccc21. The van der Waals surface area contributed by atoms with Gasteiger partial charge in [-0.15, -0.1) is 0 Å². The minimum atomic E-state index is -1.76. The minimum absolute atomic E-state index is 0.0307. The Hall–Kier alpha value is -3.55. The fourth-order valence-electron chi connectivity index (χ4n) is 4.53. The molecular weight excluding hydrogens is 471 g/mol. The molecule has 0 aliphatic carbocycles. The van der Waals surface area contributed by atoms with E-state index in [2.05, 4.69) is 0 Å². The first-order valence-electron chi connectivity index (χ1n) is 9.74. The van der Waals surface area contributed by atoms with Crippen LogP contribution in [0.5, 0.6) is 23.0 Å². The van der Waals surface area contributed by atoms with E-state index in [-0.39, 0.29) is 55.1 Å². The number of esters is 1. The summed E-state index contributed by atoms with van der Waals surface area (Å²) in [7, 11) is 0. The van der Waals surface area contributed by atoms with E-state index >= 15 is 0 Å². The number of carbonyl (C=O) groups is 3. The molecule has 0 fully saturated rings. The molecule has 2 aliphatic rings. The molecule has 2 heterocycles. The number of ether oxygens (including phenoxy) is 2. The lowest BCUT2D eigenvalue weighted by atomic mass is 9.75. The topological polar surface area (TPSA) is 110 Å². The molecule has 3 aromatic rings. The Kier molecular flexibility index (Phi) is 4.50. The summed E-state index contributed by atoms with van der Waals surface area (Å²) < 4.78 is 12.0. The van der Waals surface area contributed by atoms with Crippen LogP contribution in [0.2, 0.25) is 10.0 Å². The number of aromatic hydroxyl groups is 2. The van der Waals surface area contributed by atoms with Crippen LogP contribution in [0.1, 0.15) is 61.6 Å². The third-order valence-electron chi connectivity index (χ3n) is 5.86. The van der Waals surface area contributed by atoms with Gasteiger partial charge in [-0.25, -0.2) is 4.79 Å². The Balaban J connectivity index is 2.05. The second-order valence-corrected chi connectivity index (χ2v) is 8.48. The Morgan fingerprint density at radius 1 is 0.879 bits per heavy atom. The van der Waals surface area contributed by atoms with Gasteiger partial charge in [-0.2, -0.15) is 0 Å². The summed E-state index contributed by atoms with van der Waals surface area (Å²) in [6, 6.07) is 9.28. The maximum atomic E-state index is 13.0. The van der Waals surface area contributed by atoms with Crippen molar-refractivity contribution in [2.45, 2.75) is 19.4 Å². The quantitative estimate of drug-likeness (QED) is 0.371. The van der Waals surface area contributed by atoms with Gasteiger partial charge in [-0.1, -0.05) is 41.4 Å². The van der Waals surface area contributed by atoms with Crippen molar-refractivity contribution in [1.82, 2.24) is 0 Å². The number of Topliss-reactive ketones (excluding diaryl/α,β-unsaturated/α-hetero) is 2. The van der Waals surface area contributed by atoms with Crippen molar-refractivity contribution in [1.29, 1.82) is 0 Å². The van der Waals surface area contributed by atoms with Crippen molar-refractivity contribution in [2.24, 2.45) is 0 Å². The van der Waals surface area contributed by atoms with E-state index < -0.39 is 28.9 Å². The third-order valence-corrected chi connectivity index (χ3v) is 6.70. The average molecular weight is 485 g/mol. The zero-order valence-electron chi connectivity index (χ0n) is 17.2. The maximum Gasteiger partial charge on any atom is 0.340 e. The van der Waals surface area contributed by atoms with Crippen LogP contribution in [0, 0.1) is 0 Å². The van der Waals surface area contributed by atoms with Gasteiger partial charge in [0.1, 0.15) is 33.4 Å². The lowest BCUT2D eigenvalue weighted by Crippen LogP contribution is -2.34. The highest BCUT2D eigenvalue weighted by atomic mass is 35.5. The molecule has 0 saturated heterocycles. The summed E-state index contributed by atoms with van der Waals surface area (Å²) in [6.45, 7) is 2.42. The van der Waals surface area contributed by atoms with Gasteiger partial charge in [0.25, 0.3) is 0 Å². The number of fused-ring (bicyclic) bond motifs is 6. The molecule has 0 aromatic heterocycles. The van der Waals surface area contributed by atoms with Crippen molar-refractivity contribution < 1.29 is 34.1 Å². The highest BCUT2D eigenvalue weighted by Gasteiger charge is 2.56. The number of hydrogen-bond donors (Lipinski definition) is 2. The number of rotatable bonds is 2. The highest BCUT2D eigenvalue weighted by Crippen LogP contribution is 2.62. The van der Waals surface area contributed by atoms with Gasteiger partial charge < -0.3 is 19.7 Å². The Bertz CT molecular complexity index is 1440. The van der Waals surface area contributed by atoms with E-state index in [1.807, 2.05) is 0 Å². The fraction of sp³-hybridized carbons (Fsp3) is 0.125. The highest BCUT2D eigenvalue weighted by molar-refractivity contribution is 6.44. The van der Waals surface area contributed by atoms with Crippen molar-refractivity contribution >= 4 is 40.7 Å². The van der Waals surface area contributed by atoms with E-state index in [1.165, 1.54) is 26.0 Å². The van der Waals surface area contributed by atoms with Gasteiger partial charge in [-0.3, -0.25) is 9.59 Å². The number of hydrogen-bond acceptors (Lipinski definition) is 7. The normalized spacial score (nSPS) is 17.6. The summed E-state index contributed by atoms with van der Waals surface area (Å²) >= 11 is 12.9. The lowest BCUT2D eigenvalue weighted by molar-refractivity contribution is 0.0224. The zero-order valence-corrected chi connectivity index (χ0v) is 18.7. The number of ketones is 2. The van der Waals surface area contributed by atoms with Gasteiger partial charge in [0.15, 0.2) is 22.9 Å². The molecule has 1 spiro atoms. The standard InChI is InChI=1S/C24H14Cl2O7/c1-9(27)15-14(29)8-7-13-21(15)32-22-16(10(2)28)20(30)19(26)18(25)17(22)24(13)12-6-4-3-5-11(12)23(31)33-24/h3-8,29-30H,1-2H3. The predicted octanol–water partition coefficient (Wildman–Crippen LogP) is 5.38. The van der Waals surface area contributed by atoms with Crippen LogP contribution in [0.4, 0.5) is 0 Å². The Labute approximate surface area is 197 Å². The second-order valence-electron chi connectivity index (χ2n) is 7.72. The van der Waals surface area contributed by atoms with Crippen molar-refractivity contribution in [3.8, 4) is 23.0 Å². The summed E-state index contributed by atoms with van der Waals surface area (Å²) in [4.78, 5) is 38.0. The van der Waals surface area contributed by atoms with Crippen LogP contribution in [0.3, 0.4) is 0 Å². The molecule has 33 heavy (non-hydrogen) atoms. The molecule has 0 amide bonds. The van der Waals surface area contributed by atoms with Crippen molar-refractivity contribution in [3.63, 3.8) is 0 Å². The summed E-state index contributed by atoms with van der Waals surface area (Å²) in [6.07, 6.45) is 0. The number of carbonyl (C=O) groups excluding carboxylic acids is 3. The number of benzene rings is 3. The van der Waals surface area contributed by atoms with Gasteiger partial charge in [0, 0.05) is 11.1 Å². The smallest absolute Gasteiger partial charge is 0.340 e. The van der Waals surface area contributed by atoms with E-state index in [1.54, 1.807) is 24.3 Å². The molecule has 0 saturated carbocycles. The fourth-order valence-corrected chi connectivity index (χ4v) is 5.03. The minimum Gasteiger partial charge on any atom is -0.507 e. The van der Waals surface area contributed by atoms with Gasteiger partial charge in [0.05, 0.1) is 16.1 Å². The summed E-state index contributed by atoms with van der Waals surface area (Å²) in [5.41, 5.74) is -1.40. The molecule has 9 heteroatoms. The van der Waals surface area contributed by atoms with Crippen LogP contribution in [0.25, 0.3) is 0 Å². The first-order chi connectivity index (χ1) is 15.6. The predicted molar refractivity (Wildman–Crippen MR) is 118 cm³/mol. The molecule has 3 aromatic carbocycles. The van der Waals surface area contributed by atoms with Crippen LogP contribution in [0.15, 0.2) is 36.4 Å². The van der Waals surface area contributed by atoms with Crippen LogP contribution < -0.4 is 4.74 Å². The van der Waals surface area contributed by atoms with Gasteiger partial charge in [-0.05, 0) is 32.0 Å². The summed E-state index contributed by atoms with van der Waals surface area (Å²) in [5, 5.41) is 20.5. The molecule has 0 radical (unpaired) electrons. The molecular formula is C24H14Cl2O7. The molecule has 1 atom stereocenters. The van der Waals surface area contributed by atoms with E-state index in [9.17, 15) is 24.6 Å². The number of phenolic OH excluding ortho intramolecular Hbond substituents is 2. The van der Waals surface area contributed by atoms with Gasteiger partial charge in [0.2, 0.25) is 0 Å². The Morgan fingerprint density at radius 2 is 1.55 bits per heavy atom. The Morgan fingerprint density at radius 3 is 2.21 bits per heavy atom. The number of halogens is 2. The third kappa shape index (κ3) is 2.60. The van der Waals surface area contributed by atoms with Gasteiger partial charge >= 0.3 is 5.97 Å². The summed E-state index contributed by atoms with van der Waals surface area (Å²) in [5.74, 6) is -3.15. The lowest BCUT2D eigenvalue weighted by Gasteiger charge is -2.38. The van der Waals surface area contributed by atoms with Crippen LogP contribution >= 0.6 is 23.2 Å². The van der Waals surface area contributed by atoms with E-state index in [0.29, 0.717) is 5.56 Å². The average Bonchev–Trinajstić information content (AvgIpc) is 3.04. The van der Waals surface area contributed by atoms with Crippen LogP contribution in [-0.4, -0.2) is 27.7 Å². The van der Waals surface area contributed by atoms with E-state index in [4.69, 9.17) is 32.7 Å². The molecule has 166 valence electrons. The zero-order chi connectivity index (χ0) is 23.8. The van der Waals surface area contributed by atoms with Crippen molar-refractivity contribution in [3.05, 3.63) is 79.8 Å². The van der Waals surface area contributed by atoms with Crippen molar-refractivity contribution in [2.75, 3.05) is 0 Å². The number of phenols is 2. The van der Waals surface area contributed by atoms with E-state index in [0.717, 1.165) is 0 Å². The first kappa shape index (κ1) is 21.3. The molecule has 0 bridgehead atoms. The molecule has 2 aliphatic heterocycles.